The Bertz CT molecular complexity index is 524. The van der Waals surface area contributed by atoms with E-state index in [-0.39, 0.29) is 0 Å². The minimum Gasteiger partial charge on any atom is -0.337 e. The highest BCUT2D eigenvalue weighted by molar-refractivity contribution is 5.63. The molecule has 0 bridgehead atoms. The van der Waals surface area contributed by atoms with Gasteiger partial charge in [0.25, 0.3) is 0 Å². The van der Waals surface area contributed by atoms with E-state index in [9.17, 15) is 9.59 Å². The first-order chi connectivity index (χ1) is 6.70. The summed E-state index contributed by atoms with van der Waals surface area (Å²) in [6.07, 6.45) is 1.61. The Morgan fingerprint density at radius 2 is 2.00 bits per heavy atom. The maximum atomic E-state index is 11.1. The van der Waals surface area contributed by atoms with Crippen LogP contribution in [-0.2, 0) is 0 Å². The van der Waals surface area contributed by atoms with Crippen molar-refractivity contribution < 1.29 is 0 Å². The summed E-state index contributed by atoms with van der Waals surface area (Å²) in [6.45, 7) is 1.62. The Morgan fingerprint density at radius 3 is 2.57 bits per heavy atom. The molecule has 1 aromatic heterocycles. The Labute approximate surface area is 79.9 Å². The molecule has 0 atom stereocenters. The molecule has 0 aliphatic heterocycles. The minimum atomic E-state index is -0.465. The standard InChI is InChI=1S/C10H8N2O2/c1-6-8(10(14)9(6)13)12-7-4-2-3-5-11-7/h2-5H,1H3,(H,11,12). The fourth-order valence-corrected chi connectivity index (χ4v) is 1.22. The van der Waals surface area contributed by atoms with Gasteiger partial charge < -0.3 is 5.32 Å². The molecule has 2 rings (SSSR count). The summed E-state index contributed by atoms with van der Waals surface area (Å²) in [4.78, 5) is 26.0. The topological polar surface area (TPSA) is 59.1 Å². The Hall–Kier alpha value is -1.97. The summed E-state index contributed by atoms with van der Waals surface area (Å²) in [6, 6.07) is 5.31. The average Bonchev–Trinajstić information content (AvgIpc) is 2.26. The number of pyridine rings is 1. The van der Waals surface area contributed by atoms with Crippen LogP contribution in [0.4, 0.5) is 11.5 Å². The monoisotopic (exact) mass is 188 g/mol. The summed E-state index contributed by atoms with van der Waals surface area (Å²) >= 11 is 0. The first-order valence-electron chi connectivity index (χ1n) is 4.18. The fraction of sp³-hybridized carbons (Fsp3) is 0.100. The van der Waals surface area contributed by atoms with Gasteiger partial charge in [-0.05, 0) is 19.1 Å². The summed E-state index contributed by atoms with van der Waals surface area (Å²) in [5, 5.41) is 2.81. The van der Waals surface area contributed by atoms with Crippen LogP contribution >= 0.6 is 0 Å². The maximum Gasteiger partial charge on any atom is 0.249 e. The SMILES string of the molecule is Cc1c(Nc2ccccn2)c(=O)c1=O. The van der Waals surface area contributed by atoms with E-state index in [0.29, 0.717) is 17.1 Å². The number of nitrogens with zero attached hydrogens (tertiary/aromatic N) is 1. The molecule has 0 saturated heterocycles. The van der Waals surface area contributed by atoms with E-state index in [4.69, 9.17) is 0 Å². The molecule has 2 aromatic rings. The van der Waals surface area contributed by atoms with Crippen LogP contribution in [0.2, 0.25) is 0 Å². The molecule has 0 aliphatic carbocycles. The molecule has 70 valence electrons. The van der Waals surface area contributed by atoms with Crippen molar-refractivity contribution in [2.45, 2.75) is 6.92 Å². The zero-order valence-corrected chi connectivity index (χ0v) is 7.57. The lowest BCUT2D eigenvalue weighted by molar-refractivity contribution is 1.23. The van der Waals surface area contributed by atoms with Crippen LogP contribution in [-0.4, -0.2) is 4.98 Å². The molecule has 4 nitrogen and oxygen atoms in total. The van der Waals surface area contributed by atoms with Gasteiger partial charge in [0.05, 0.1) is 5.69 Å². The third-order valence-electron chi connectivity index (χ3n) is 2.07. The molecule has 14 heavy (non-hydrogen) atoms. The van der Waals surface area contributed by atoms with E-state index in [1.807, 2.05) is 0 Å². The van der Waals surface area contributed by atoms with Gasteiger partial charge in [-0.1, -0.05) is 6.07 Å². The first-order valence-corrected chi connectivity index (χ1v) is 4.18. The van der Waals surface area contributed by atoms with Crippen LogP contribution < -0.4 is 16.2 Å². The number of hydrogen-bond acceptors (Lipinski definition) is 4. The Morgan fingerprint density at radius 1 is 1.21 bits per heavy atom. The zero-order valence-electron chi connectivity index (χ0n) is 7.57. The molecule has 0 amide bonds. The van der Waals surface area contributed by atoms with Gasteiger partial charge in [-0.2, -0.15) is 0 Å². The van der Waals surface area contributed by atoms with Crippen molar-refractivity contribution in [1.82, 2.24) is 4.98 Å². The van der Waals surface area contributed by atoms with E-state index in [1.54, 1.807) is 31.3 Å². The van der Waals surface area contributed by atoms with Crippen molar-refractivity contribution in [1.29, 1.82) is 0 Å². The molecule has 0 fully saturated rings. The van der Waals surface area contributed by atoms with E-state index < -0.39 is 10.9 Å². The quantitative estimate of drug-likeness (QED) is 0.706. The predicted molar refractivity (Wildman–Crippen MR) is 53.6 cm³/mol. The van der Waals surface area contributed by atoms with Gasteiger partial charge >= 0.3 is 0 Å². The number of rotatable bonds is 2. The molecule has 0 aliphatic rings. The van der Waals surface area contributed by atoms with Crippen LogP contribution in [0, 0.1) is 6.92 Å². The second kappa shape index (κ2) is 3.06. The Kier molecular flexibility index (Phi) is 1.89. The third-order valence-corrected chi connectivity index (χ3v) is 2.07. The minimum absolute atomic E-state index is 0.355. The normalized spacial score (nSPS) is 10.4. The molecule has 1 aromatic carbocycles. The van der Waals surface area contributed by atoms with Gasteiger partial charge in [0.2, 0.25) is 10.9 Å². The second-order valence-corrected chi connectivity index (χ2v) is 3.00. The highest BCUT2D eigenvalue weighted by Gasteiger charge is 2.16. The maximum absolute atomic E-state index is 11.1. The lowest BCUT2D eigenvalue weighted by atomic mass is 10.1. The van der Waals surface area contributed by atoms with Crippen LogP contribution in [0.25, 0.3) is 0 Å². The molecule has 4 heteroatoms. The number of hydrogen-bond donors (Lipinski definition) is 1. The van der Waals surface area contributed by atoms with Crippen molar-refractivity contribution in [3.8, 4) is 0 Å². The van der Waals surface area contributed by atoms with Crippen LogP contribution in [0.5, 0.6) is 0 Å². The predicted octanol–water partition coefficient (Wildman–Crippen LogP) is 0.730. The highest BCUT2D eigenvalue weighted by Crippen LogP contribution is 2.12. The van der Waals surface area contributed by atoms with Gasteiger partial charge in [0.1, 0.15) is 5.82 Å². The lowest BCUT2D eigenvalue weighted by Crippen LogP contribution is -2.36. The van der Waals surface area contributed by atoms with Crippen LogP contribution in [0.3, 0.4) is 0 Å². The summed E-state index contributed by atoms with van der Waals surface area (Å²) in [5.74, 6) is 0.572. The van der Waals surface area contributed by atoms with Crippen LogP contribution in [0.15, 0.2) is 34.0 Å². The second-order valence-electron chi connectivity index (χ2n) is 3.00. The van der Waals surface area contributed by atoms with E-state index in [0.717, 1.165) is 0 Å². The average molecular weight is 188 g/mol. The molecule has 1 N–H and O–H groups in total. The smallest absolute Gasteiger partial charge is 0.249 e. The van der Waals surface area contributed by atoms with Gasteiger partial charge in [0.15, 0.2) is 0 Å². The third kappa shape index (κ3) is 1.21. The van der Waals surface area contributed by atoms with E-state index in [2.05, 4.69) is 10.3 Å². The summed E-state index contributed by atoms with van der Waals surface area (Å²) in [7, 11) is 0. The van der Waals surface area contributed by atoms with Crippen LogP contribution in [0.1, 0.15) is 5.56 Å². The molecular formula is C10H8N2O2. The van der Waals surface area contributed by atoms with Crippen molar-refractivity contribution in [2.24, 2.45) is 0 Å². The lowest BCUT2D eigenvalue weighted by Gasteiger charge is -2.08. The molecule has 1 heterocycles. The fourth-order valence-electron chi connectivity index (χ4n) is 1.22. The summed E-state index contributed by atoms with van der Waals surface area (Å²) < 4.78 is 0. The zero-order chi connectivity index (χ0) is 10.1. The van der Waals surface area contributed by atoms with E-state index >= 15 is 0 Å². The Balaban J connectivity index is 2.30. The number of aromatic nitrogens is 1. The van der Waals surface area contributed by atoms with E-state index in [1.165, 1.54) is 0 Å². The number of anilines is 2. The largest absolute Gasteiger partial charge is 0.337 e. The molecule has 0 unspecified atom stereocenters. The molecule has 0 radical (unpaired) electrons. The van der Waals surface area contributed by atoms with Gasteiger partial charge in [-0.15, -0.1) is 0 Å². The van der Waals surface area contributed by atoms with Gasteiger partial charge in [0, 0.05) is 11.8 Å². The molecule has 0 spiro atoms. The van der Waals surface area contributed by atoms with Gasteiger partial charge in [-0.3, -0.25) is 9.59 Å². The molecule has 0 saturated carbocycles. The molecular weight excluding hydrogens is 180 g/mol. The van der Waals surface area contributed by atoms with Crippen molar-refractivity contribution in [2.75, 3.05) is 5.32 Å². The number of nitrogens with one attached hydrogen (secondary N) is 1. The van der Waals surface area contributed by atoms with Gasteiger partial charge in [-0.25, -0.2) is 4.98 Å². The first kappa shape index (κ1) is 8.62. The highest BCUT2D eigenvalue weighted by atomic mass is 16.2. The van der Waals surface area contributed by atoms with Crippen molar-refractivity contribution in [3.05, 3.63) is 50.4 Å². The van der Waals surface area contributed by atoms with Crippen molar-refractivity contribution >= 4 is 11.5 Å². The summed E-state index contributed by atoms with van der Waals surface area (Å²) in [5.41, 5.74) is -0.0501. The van der Waals surface area contributed by atoms with Crippen molar-refractivity contribution in [3.63, 3.8) is 0 Å².